The normalized spacial score (nSPS) is 10.4. The lowest BCUT2D eigenvalue weighted by Gasteiger charge is -1.93. The number of halogens is 2. The molecule has 0 aliphatic heterocycles. The predicted octanol–water partition coefficient (Wildman–Crippen LogP) is 3.33. The van der Waals surface area contributed by atoms with Gasteiger partial charge in [0.15, 0.2) is 0 Å². The van der Waals surface area contributed by atoms with Crippen molar-refractivity contribution in [3.05, 3.63) is 35.2 Å². The fraction of sp³-hybridized carbons (Fsp3) is 0.111. The molecule has 1 aromatic carbocycles. The lowest BCUT2D eigenvalue weighted by Crippen LogP contribution is -1.76. The molecule has 0 N–H and O–H groups in total. The van der Waals surface area contributed by atoms with Gasteiger partial charge in [0, 0.05) is 10.6 Å². The van der Waals surface area contributed by atoms with Crippen molar-refractivity contribution >= 4 is 34.2 Å². The topological polar surface area (TPSA) is 38.9 Å². The third kappa shape index (κ3) is 2.06. The van der Waals surface area contributed by atoms with E-state index < -0.39 is 0 Å². The highest BCUT2D eigenvalue weighted by Crippen LogP contribution is 2.20. The number of nitrogens with zero attached hydrogens (tertiary/aromatic N) is 2. The second-order valence-corrected chi connectivity index (χ2v) is 3.84. The van der Waals surface area contributed by atoms with Crippen molar-refractivity contribution in [3.8, 4) is 11.5 Å². The van der Waals surface area contributed by atoms with Crippen molar-refractivity contribution in [2.24, 2.45) is 0 Å². The van der Waals surface area contributed by atoms with Gasteiger partial charge in [0.2, 0.25) is 11.8 Å². The summed E-state index contributed by atoms with van der Waals surface area (Å²) in [5.41, 5.74) is 0.887. The fourth-order valence-corrected chi connectivity index (χ4v) is 1.45. The largest absolute Gasteiger partial charge is 0.420 e. The third-order valence-electron chi connectivity index (χ3n) is 1.67. The minimum Gasteiger partial charge on any atom is -0.420 e. The summed E-state index contributed by atoms with van der Waals surface area (Å²) >= 11 is 7.94. The quantitative estimate of drug-likeness (QED) is 0.629. The maximum atomic E-state index is 5.76. The smallest absolute Gasteiger partial charge is 0.247 e. The van der Waals surface area contributed by atoms with Gasteiger partial charge < -0.3 is 4.42 Å². The van der Waals surface area contributed by atoms with Crippen LogP contribution in [0, 0.1) is 0 Å². The molecule has 72 valence electrons. The summed E-state index contributed by atoms with van der Waals surface area (Å²) in [6, 6.07) is 7.30. The Morgan fingerprint density at radius 2 is 1.93 bits per heavy atom. The second kappa shape index (κ2) is 4.27. The highest BCUT2D eigenvalue weighted by Gasteiger charge is 2.06. The molecule has 0 saturated carbocycles. The Morgan fingerprint density at radius 3 is 2.50 bits per heavy atom. The predicted molar refractivity (Wildman–Crippen MR) is 62.5 cm³/mol. The minimum atomic E-state index is 0.535. The summed E-state index contributed by atoms with van der Waals surface area (Å²) < 4.78 is 6.11. The van der Waals surface area contributed by atoms with Crippen molar-refractivity contribution in [3.63, 3.8) is 0 Å². The molecular weight excluding hydrogens is 314 g/mol. The molecule has 0 saturated heterocycles. The zero-order chi connectivity index (χ0) is 9.97. The summed E-state index contributed by atoms with van der Waals surface area (Å²) in [6.07, 6.45) is 0. The summed E-state index contributed by atoms with van der Waals surface area (Å²) in [6.45, 7) is 0. The Labute approximate surface area is 99.6 Å². The molecular formula is C9H6ClIN2O. The van der Waals surface area contributed by atoms with Crippen LogP contribution in [0.15, 0.2) is 28.7 Å². The molecule has 2 aromatic rings. The van der Waals surface area contributed by atoms with Crippen molar-refractivity contribution in [1.82, 2.24) is 10.2 Å². The molecule has 0 atom stereocenters. The number of rotatable bonds is 2. The second-order valence-electron chi connectivity index (χ2n) is 2.64. The van der Waals surface area contributed by atoms with Crippen molar-refractivity contribution in [2.75, 3.05) is 0 Å². The van der Waals surface area contributed by atoms with Crippen LogP contribution in [0.4, 0.5) is 0 Å². The fourth-order valence-electron chi connectivity index (χ4n) is 1.02. The van der Waals surface area contributed by atoms with Gasteiger partial charge in [-0.15, -0.1) is 10.2 Å². The van der Waals surface area contributed by atoms with Crippen LogP contribution in [-0.4, -0.2) is 10.2 Å². The summed E-state index contributed by atoms with van der Waals surface area (Å²) in [7, 11) is 0. The van der Waals surface area contributed by atoms with E-state index >= 15 is 0 Å². The van der Waals surface area contributed by atoms with Crippen LogP contribution in [0.25, 0.3) is 11.5 Å². The highest BCUT2D eigenvalue weighted by molar-refractivity contribution is 14.1. The highest BCUT2D eigenvalue weighted by atomic mass is 127. The molecule has 0 unspecified atom stereocenters. The zero-order valence-corrected chi connectivity index (χ0v) is 9.99. The SMILES string of the molecule is Clc1ccc(-c2nnc(CI)o2)cc1. The van der Waals surface area contributed by atoms with Gasteiger partial charge in [-0.3, -0.25) is 0 Å². The number of hydrogen-bond acceptors (Lipinski definition) is 3. The van der Waals surface area contributed by atoms with Gasteiger partial charge in [0.1, 0.15) is 0 Å². The Balaban J connectivity index is 2.34. The Morgan fingerprint density at radius 1 is 1.21 bits per heavy atom. The first-order valence-electron chi connectivity index (χ1n) is 3.94. The van der Waals surface area contributed by atoms with Crippen LogP contribution in [0.2, 0.25) is 5.02 Å². The molecule has 0 radical (unpaired) electrons. The monoisotopic (exact) mass is 320 g/mol. The van der Waals surface area contributed by atoms with Gasteiger partial charge in [-0.25, -0.2) is 0 Å². The summed E-state index contributed by atoms with van der Waals surface area (Å²) in [5, 5.41) is 8.50. The average molecular weight is 321 g/mol. The minimum absolute atomic E-state index is 0.535. The van der Waals surface area contributed by atoms with E-state index in [-0.39, 0.29) is 0 Å². The van der Waals surface area contributed by atoms with E-state index in [1.165, 1.54) is 0 Å². The molecule has 14 heavy (non-hydrogen) atoms. The molecule has 1 aromatic heterocycles. The maximum absolute atomic E-state index is 5.76. The van der Waals surface area contributed by atoms with Gasteiger partial charge in [-0.1, -0.05) is 34.2 Å². The Hall–Kier alpha value is -0.620. The van der Waals surface area contributed by atoms with E-state index in [4.69, 9.17) is 16.0 Å². The van der Waals surface area contributed by atoms with Crippen molar-refractivity contribution < 1.29 is 4.42 Å². The lowest BCUT2D eigenvalue weighted by atomic mass is 10.2. The molecule has 0 fully saturated rings. The van der Waals surface area contributed by atoms with E-state index in [1.54, 1.807) is 12.1 Å². The van der Waals surface area contributed by atoms with Gasteiger partial charge >= 0.3 is 0 Å². The molecule has 0 spiro atoms. The molecule has 1 heterocycles. The van der Waals surface area contributed by atoms with E-state index in [9.17, 15) is 0 Å². The van der Waals surface area contributed by atoms with E-state index in [0.29, 0.717) is 16.8 Å². The van der Waals surface area contributed by atoms with Crippen molar-refractivity contribution in [1.29, 1.82) is 0 Å². The molecule has 0 aliphatic carbocycles. The number of alkyl halides is 1. The molecule has 0 aliphatic rings. The first-order valence-corrected chi connectivity index (χ1v) is 5.84. The maximum Gasteiger partial charge on any atom is 0.247 e. The first-order chi connectivity index (χ1) is 6.79. The summed E-state index contributed by atoms with van der Waals surface area (Å²) in [5.74, 6) is 1.17. The average Bonchev–Trinajstić information content (AvgIpc) is 2.67. The van der Waals surface area contributed by atoms with E-state index in [2.05, 4.69) is 32.8 Å². The Kier molecular flexibility index (Phi) is 3.02. The number of aromatic nitrogens is 2. The van der Waals surface area contributed by atoms with Crippen LogP contribution < -0.4 is 0 Å². The van der Waals surface area contributed by atoms with Gasteiger partial charge in [0.05, 0.1) is 4.43 Å². The number of hydrogen-bond donors (Lipinski definition) is 0. The number of benzene rings is 1. The lowest BCUT2D eigenvalue weighted by molar-refractivity contribution is 0.531. The molecule has 0 amide bonds. The van der Waals surface area contributed by atoms with Crippen LogP contribution >= 0.6 is 34.2 Å². The summed E-state index contributed by atoms with van der Waals surface area (Å²) in [4.78, 5) is 0. The standard InChI is InChI=1S/C9H6ClIN2O/c10-7-3-1-6(2-4-7)9-13-12-8(5-11)14-9/h1-4H,5H2. The van der Waals surface area contributed by atoms with Crippen LogP contribution in [-0.2, 0) is 4.43 Å². The van der Waals surface area contributed by atoms with Gasteiger partial charge in [0.25, 0.3) is 0 Å². The molecule has 0 bridgehead atoms. The third-order valence-corrected chi connectivity index (χ3v) is 2.58. The van der Waals surface area contributed by atoms with E-state index in [1.807, 2.05) is 12.1 Å². The Bertz CT molecular complexity index is 427. The molecule has 2 rings (SSSR count). The molecule has 3 nitrogen and oxygen atoms in total. The van der Waals surface area contributed by atoms with Crippen molar-refractivity contribution in [2.45, 2.75) is 4.43 Å². The first kappa shape index (κ1) is 9.92. The van der Waals surface area contributed by atoms with Gasteiger partial charge in [-0.05, 0) is 24.3 Å². The molecule has 5 heteroatoms. The van der Waals surface area contributed by atoms with E-state index in [0.717, 1.165) is 9.99 Å². The van der Waals surface area contributed by atoms with Crippen LogP contribution in [0.1, 0.15) is 5.89 Å². The van der Waals surface area contributed by atoms with Gasteiger partial charge in [-0.2, -0.15) is 0 Å². The van der Waals surface area contributed by atoms with Crippen LogP contribution in [0.3, 0.4) is 0 Å². The zero-order valence-electron chi connectivity index (χ0n) is 7.08. The van der Waals surface area contributed by atoms with Crippen LogP contribution in [0.5, 0.6) is 0 Å².